The fourth-order valence-corrected chi connectivity index (χ4v) is 1.57. The summed E-state index contributed by atoms with van der Waals surface area (Å²) in [6, 6.07) is 8.85. The van der Waals surface area contributed by atoms with Crippen LogP contribution < -0.4 is 11.0 Å². The van der Waals surface area contributed by atoms with Gasteiger partial charge >= 0.3 is 5.69 Å². The van der Waals surface area contributed by atoms with Gasteiger partial charge in [-0.25, -0.2) is 14.0 Å². The maximum Gasteiger partial charge on any atom is 0.351 e. The minimum atomic E-state index is -0.260. The lowest BCUT2D eigenvalue weighted by atomic mass is 10.2. The van der Waals surface area contributed by atoms with E-state index < -0.39 is 0 Å². The summed E-state index contributed by atoms with van der Waals surface area (Å²) in [5, 5.41) is 15.7. The molecule has 17 heavy (non-hydrogen) atoms. The number of hydrogen-bond acceptors (Lipinski definition) is 4. The first-order chi connectivity index (χ1) is 8.17. The zero-order valence-electron chi connectivity index (χ0n) is 9.51. The van der Waals surface area contributed by atoms with Gasteiger partial charge in [0.05, 0.1) is 17.3 Å². The van der Waals surface area contributed by atoms with Gasteiger partial charge in [0.2, 0.25) is 5.95 Å². The van der Waals surface area contributed by atoms with Gasteiger partial charge in [0, 0.05) is 14.1 Å². The Morgan fingerprint density at radius 3 is 2.88 bits per heavy atom. The van der Waals surface area contributed by atoms with Crippen LogP contribution in [-0.4, -0.2) is 21.4 Å². The molecule has 0 aliphatic carbocycles. The van der Waals surface area contributed by atoms with E-state index in [0.717, 1.165) is 0 Å². The van der Waals surface area contributed by atoms with Gasteiger partial charge in [-0.3, -0.25) is 0 Å². The van der Waals surface area contributed by atoms with Crippen molar-refractivity contribution in [1.29, 1.82) is 5.26 Å². The van der Waals surface area contributed by atoms with Crippen LogP contribution in [0.2, 0.25) is 0 Å². The Labute approximate surface area is 97.7 Å². The molecule has 2 aromatic rings. The molecule has 1 aromatic heterocycles. The zero-order valence-corrected chi connectivity index (χ0v) is 9.51. The van der Waals surface area contributed by atoms with Crippen LogP contribution in [0.3, 0.4) is 0 Å². The molecule has 86 valence electrons. The first-order valence-electron chi connectivity index (χ1n) is 5.01. The van der Waals surface area contributed by atoms with Crippen molar-refractivity contribution in [3.8, 4) is 11.8 Å². The van der Waals surface area contributed by atoms with Gasteiger partial charge in [-0.15, -0.1) is 5.10 Å². The highest BCUT2D eigenvalue weighted by molar-refractivity contribution is 5.45. The minimum absolute atomic E-state index is 0.260. The summed E-state index contributed by atoms with van der Waals surface area (Å²) in [6.45, 7) is 0. The predicted molar refractivity (Wildman–Crippen MR) is 63.1 cm³/mol. The first kappa shape index (κ1) is 11.0. The molecule has 0 fully saturated rings. The summed E-state index contributed by atoms with van der Waals surface area (Å²) in [5.74, 6) is 0.438. The van der Waals surface area contributed by atoms with Crippen molar-refractivity contribution in [2.24, 2.45) is 7.05 Å². The van der Waals surface area contributed by atoms with Gasteiger partial charge < -0.3 is 5.32 Å². The lowest BCUT2D eigenvalue weighted by Crippen LogP contribution is -2.21. The maximum atomic E-state index is 11.9. The summed E-state index contributed by atoms with van der Waals surface area (Å²) in [6.07, 6.45) is 0. The Morgan fingerprint density at radius 1 is 1.47 bits per heavy atom. The Kier molecular flexibility index (Phi) is 2.66. The van der Waals surface area contributed by atoms with E-state index in [1.807, 2.05) is 6.07 Å². The van der Waals surface area contributed by atoms with Gasteiger partial charge in [0.15, 0.2) is 0 Å². The summed E-state index contributed by atoms with van der Waals surface area (Å²) in [7, 11) is 3.26. The molecule has 0 saturated heterocycles. The number of hydrogen-bond donors (Lipinski definition) is 1. The third kappa shape index (κ3) is 1.78. The van der Waals surface area contributed by atoms with Crippen LogP contribution in [0, 0.1) is 11.3 Å². The summed E-state index contributed by atoms with van der Waals surface area (Å²) >= 11 is 0. The van der Waals surface area contributed by atoms with Crippen molar-refractivity contribution in [1.82, 2.24) is 14.3 Å². The van der Waals surface area contributed by atoms with Crippen molar-refractivity contribution in [3.05, 3.63) is 40.3 Å². The maximum absolute atomic E-state index is 11.9. The smallest absolute Gasteiger partial charge is 0.351 e. The molecule has 0 bridgehead atoms. The lowest BCUT2D eigenvalue weighted by molar-refractivity contribution is 0.727. The molecule has 0 radical (unpaired) electrons. The monoisotopic (exact) mass is 229 g/mol. The number of aromatic nitrogens is 3. The van der Waals surface area contributed by atoms with Crippen LogP contribution in [0.4, 0.5) is 5.95 Å². The second-order valence-electron chi connectivity index (χ2n) is 3.48. The average molecular weight is 229 g/mol. The highest BCUT2D eigenvalue weighted by Crippen LogP contribution is 2.12. The fraction of sp³-hybridized carbons (Fsp3) is 0.182. The van der Waals surface area contributed by atoms with Crippen LogP contribution >= 0.6 is 0 Å². The first-order valence-corrected chi connectivity index (χ1v) is 5.01. The fourth-order valence-electron chi connectivity index (χ4n) is 1.57. The van der Waals surface area contributed by atoms with E-state index >= 15 is 0 Å². The van der Waals surface area contributed by atoms with Gasteiger partial charge in [-0.2, -0.15) is 5.26 Å². The van der Waals surface area contributed by atoms with Crippen LogP contribution in [0.25, 0.3) is 5.69 Å². The highest BCUT2D eigenvalue weighted by Gasteiger charge is 2.11. The number of nitrogens with zero attached hydrogens (tertiary/aromatic N) is 4. The lowest BCUT2D eigenvalue weighted by Gasteiger charge is -2.04. The molecule has 0 amide bonds. The standard InChI is InChI=1S/C11H11N5O/c1-13-10-14-15(2)11(17)16(10)9-5-3-4-8(6-9)7-12/h3-6H,1-2H3,(H,13,14). The molecule has 6 nitrogen and oxygen atoms in total. The molecule has 0 unspecified atom stereocenters. The van der Waals surface area contributed by atoms with E-state index in [1.54, 1.807) is 38.4 Å². The average Bonchev–Trinajstić information content (AvgIpc) is 2.65. The van der Waals surface area contributed by atoms with E-state index in [0.29, 0.717) is 17.2 Å². The van der Waals surface area contributed by atoms with Crippen molar-refractivity contribution in [3.63, 3.8) is 0 Å². The second-order valence-corrected chi connectivity index (χ2v) is 3.48. The molecule has 1 heterocycles. The molecule has 0 spiro atoms. The van der Waals surface area contributed by atoms with E-state index in [1.165, 1.54) is 9.25 Å². The number of benzene rings is 1. The van der Waals surface area contributed by atoms with Gasteiger partial charge in [0.25, 0.3) is 0 Å². The molecule has 0 aliphatic rings. The van der Waals surface area contributed by atoms with Gasteiger partial charge in [0.1, 0.15) is 0 Å². The van der Waals surface area contributed by atoms with Crippen molar-refractivity contribution < 1.29 is 0 Å². The highest BCUT2D eigenvalue weighted by atomic mass is 16.2. The molecular weight excluding hydrogens is 218 g/mol. The molecular formula is C11H11N5O. The van der Waals surface area contributed by atoms with E-state index in [4.69, 9.17) is 5.26 Å². The molecule has 6 heteroatoms. The Morgan fingerprint density at radius 2 is 2.24 bits per heavy atom. The SMILES string of the molecule is CNc1nn(C)c(=O)n1-c1cccc(C#N)c1. The number of aryl methyl sites for hydroxylation is 1. The third-order valence-electron chi connectivity index (χ3n) is 2.38. The van der Waals surface area contributed by atoms with Crippen molar-refractivity contribution >= 4 is 5.95 Å². The Balaban J connectivity index is 2.68. The molecule has 0 aliphatic heterocycles. The molecule has 0 atom stereocenters. The summed E-state index contributed by atoms with van der Waals surface area (Å²) in [4.78, 5) is 11.9. The summed E-state index contributed by atoms with van der Waals surface area (Å²) in [5.41, 5.74) is 0.858. The number of nitriles is 1. The quantitative estimate of drug-likeness (QED) is 0.812. The normalized spacial score (nSPS) is 9.94. The Bertz CT molecular complexity index is 647. The number of nitrogens with one attached hydrogen (secondary N) is 1. The largest absolute Gasteiger partial charge is 0.357 e. The molecule has 1 aromatic carbocycles. The predicted octanol–water partition coefficient (Wildman–Crippen LogP) is 0.484. The topological polar surface area (TPSA) is 75.6 Å². The van der Waals surface area contributed by atoms with Gasteiger partial charge in [-0.1, -0.05) is 6.07 Å². The van der Waals surface area contributed by atoms with E-state index in [-0.39, 0.29) is 5.69 Å². The van der Waals surface area contributed by atoms with Crippen LogP contribution in [-0.2, 0) is 7.05 Å². The zero-order chi connectivity index (χ0) is 12.4. The number of anilines is 1. The second kappa shape index (κ2) is 4.14. The summed E-state index contributed by atoms with van der Waals surface area (Å²) < 4.78 is 2.66. The van der Waals surface area contributed by atoms with Crippen LogP contribution in [0.15, 0.2) is 29.1 Å². The third-order valence-corrected chi connectivity index (χ3v) is 2.38. The number of rotatable bonds is 2. The van der Waals surface area contributed by atoms with Gasteiger partial charge in [-0.05, 0) is 18.2 Å². The van der Waals surface area contributed by atoms with E-state index in [9.17, 15) is 4.79 Å². The van der Waals surface area contributed by atoms with Crippen molar-refractivity contribution in [2.75, 3.05) is 12.4 Å². The van der Waals surface area contributed by atoms with Crippen molar-refractivity contribution in [2.45, 2.75) is 0 Å². The molecule has 0 saturated carbocycles. The molecule has 1 N–H and O–H groups in total. The van der Waals surface area contributed by atoms with Crippen LogP contribution in [0.5, 0.6) is 0 Å². The van der Waals surface area contributed by atoms with E-state index in [2.05, 4.69) is 10.4 Å². The van der Waals surface area contributed by atoms with Crippen LogP contribution in [0.1, 0.15) is 5.56 Å². The molecule has 2 rings (SSSR count). The Hall–Kier alpha value is -2.55. The minimum Gasteiger partial charge on any atom is -0.357 e.